The summed E-state index contributed by atoms with van der Waals surface area (Å²) in [5.41, 5.74) is 14.3. The Labute approximate surface area is 383 Å². The molecule has 0 heterocycles. The van der Waals surface area contributed by atoms with Crippen LogP contribution in [0.3, 0.4) is 0 Å². The molecule has 0 saturated carbocycles. The topological polar surface area (TPSA) is 6.48 Å². The normalized spacial score (nSPS) is 13.6. The van der Waals surface area contributed by atoms with E-state index in [2.05, 4.69) is 258 Å². The van der Waals surface area contributed by atoms with Gasteiger partial charge in [0.25, 0.3) is 0 Å². The molecule has 0 spiro atoms. The van der Waals surface area contributed by atoms with Crippen molar-refractivity contribution in [2.45, 2.75) is 70.5 Å². The number of fused-ring (bicyclic) bond motifs is 10. The molecule has 64 heavy (non-hydrogen) atoms. The highest BCUT2D eigenvalue weighted by atomic mass is 28.4. The summed E-state index contributed by atoms with van der Waals surface area (Å²) < 4.78 is -0.0860. The zero-order chi connectivity index (χ0) is 44.8. The molecule has 1 aliphatic carbocycles. The van der Waals surface area contributed by atoms with Gasteiger partial charge in [-0.05, 0) is 134 Å². The highest BCUT2D eigenvalue weighted by Crippen LogP contribution is 2.63. The quantitative estimate of drug-likeness (QED) is 0.105. The molecule has 0 bridgehead atoms. The van der Waals surface area contributed by atoms with Crippen LogP contribution in [0.4, 0.5) is 34.1 Å². The Kier molecular flexibility index (Phi) is 10.1. The number of rotatable bonds is 9. The van der Waals surface area contributed by atoms with Crippen molar-refractivity contribution < 1.29 is 0 Å². The predicted molar refractivity (Wildman–Crippen MR) is 289 cm³/mol. The van der Waals surface area contributed by atoms with Crippen LogP contribution in [0.2, 0.25) is 58.9 Å². The summed E-state index contributed by atoms with van der Waals surface area (Å²) >= 11 is 0. The number of nitrogens with zero attached hydrogens (tertiary/aromatic N) is 2. The summed E-state index contributed by atoms with van der Waals surface area (Å²) in [7, 11) is -5.65. The Hall–Kier alpha value is -5.99. The summed E-state index contributed by atoms with van der Waals surface area (Å²) in [6.45, 7) is 25.4. The molecule has 0 aromatic heterocycles. The minimum Gasteiger partial charge on any atom is -0.310 e. The van der Waals surface area contributed by atoms with Crippen LogP contribution < -0.4 is 15.0 Å². The lowest BCUT2D eigenvalue weighted by atomic mass is 9.91. The van der Waals surface area contributed by atoms with Gasteiger partial charge in [-0.25, -0.2) is 0 Å². The zero-order valence-corrected chi connectivity index (χ0v) is 42.2. The van der Waals surface area contributed by atoms with Crippen molar-refractivity contribution in [2.75, 3.05) is 9.80 Å². The molecule has 318 valence electrons. The monoisotopic (exact) mass is 880 g/mol. The Bertz CT molecular complexity index is 3200. The first-order valence-corrected chi connectivity index (χ1v) is 33.5. The third-order valence-electron chi connectivity index (χ3n) is 14.1. The fourth-order valence-electron chi connectivity index (χ4n) is 11.7. The molecular formula is C59H60N2Si3. The van der Waals surface area contributed by atoms with E-state index in [1.807, 2.05) is 0 Å². The largest absolute Gasteiger partial charge is 0.310 e. The first-order valence-electron chi connectivity index (χ1n) is 23.0. The molecular weight excluding hydrogens is 821 g/mol. The summed E-state index contributed by atoms with van der Waals surface area (Å²) in [5, 5.41) is 9.58. The van der Waals surface area contributed by atoms with Gasteiger partial charge in [0.15, 0.2) is 0 Å². The second kappa shape index (κ2) is 15.3. The Morgan fingerprint density at radius 2 is 0.828 bits per heavy atom. The first-order chi connectivity index (χ1) is 30.6. The molecule has 0 radical (unpaired) electrons. The molecule has 0 aliphatic heterocycles. The number of aryl methyl sites for hydroxylation is 1. The fourth-order valence-corrected chi connectivity index (χ4v) is 25.9. The van der Waals surface area contributed by atoms with Gasteiger partial charge in [-0.3, -0.25) is 0 Å². The Morgan fingerprint density at radius 3 is 1.38 bits per heavy atom. The molecule has 0 amide bonds. The average Bonchev–Trinajstić information content (AvgIpc) is 3.62. The Balaban J connectivity index is 1.24. The van der Waals surface area contributed by atoms with E-state index in [0.717, 1.165) is 11.4 Å². The van der Waals surface area contributed by atoms with E-state index in [4.69, 9.17) is 0 Å². The summed E-state index contributed by atoms with van der Waals surface area (Å²) in [4.78, 5) is 4.86. The number of hydrogen-bond acceptors (Lipinski definition) is 2. The second-order valence-corrected chi connectivity index (χ2v) is 37.2. The maximum Gasteiger partial charge on any atom is 0.0775 e. The van der Waals surface area contributed by atoms with Crippen molar-refractivity contribution in [2.24, 2.45) is 0 Å². The maximum absolute atomic E-state index is 2.66. The van der Waals surface area contributed by atoms with Gasteiger partial charge in [0, 0.05) is 38.8 Å². The van der Waals surface area contributed by atoms with E-state index in [1.54, 1.807) is 11.1 Å². The number of benzene rings is 9. The molecule has 5 heteroatoms. The van der Waals surface area contributed by atoms with Crippen LogP contribution in [-0.4, -0.2) is 24.2 Å². The van der Waals surface area contributed by atoms with Crippen LogP contribution in [0.5, 0.6) is 0 Å². The van der Waals surface area contributed by atoms with Gasteiger partial charge in [0.1, 0.15) is 0 Å². The average molecular weight is 881 g/mol. The number of anilines is 6. The van der Waals surface area contributed by atoms with Crippen molar-refractivity contribution >= 4 is 95.9 Å². The molecule has 0 unspecified atom stereocenters. The van der Waals surface area contributed by atoms with Gasteiger partial charge < -0.3 is 9.80 Å². The van der Waals surface area contributed by atoms with Crippen molar-refractivity contribution in [1.29, 1.82) is 0 Å². The van der Waals surface area contributed by atoms with Crippen LogP contribution in [-0.2, 0) is 4.66 Å². The SMILES string of the molecule is Cc1ccc(N(c2ccccc2)c2ccc3c4c(c5ccccc5c3c2)-c2ccc3cc(N(c5ccccc5)c5ccc([Si](C)(C)C)cc5)ccc3c2C4([Si](C)(C)C)[Si](C)(C)C)cc1. The van der Waals surface area contributed by atoms with Crippen LogP contribution in [0.25, 0.3) is 43.4 Å². The standard InChI is InChI=1S/C59H60N2Si3/c1-41-25-28-45(29-26-41)61(44-21-15-12-16-22-44)48-33-38-53-55(40-48)51-23-17-18-24-52(51)56-54-36-27-42-39-47(32-37-50(42)57(54)59(58(53)56,63(5,6)7)64(8,9)10)60(43-19-13-11-14-20-43)46-30-34-49(35-31-46)62(2,3)4/h11-40H,1-10H3. The molecule has 9 aromatic rings. The van der Waals surface area contributed by atoms with Gasteiger partial charge >= 0.3 is 0 Å². The second-order valence-electron chi connectivity index (χ2n) is 21.1. The van der Waals surface area contributed by atoms with Crippen molar-refractivity contribution in [1.82, 2.24) is 0 Å². The molecule has 0 atom stereocenters. The van der Waals surface area contributed by atoms with E-state index >= 15 is 0 Å². The summed E-state index contributed by atoms with van der Waals surface area (Å²) in [5.74, 6) is 0. The number of para-hydroxylation sites is 2. The van der Waals surface area contributed by atoms with Gasteiger partial charge in [0.05, 0.1) is 24.2 Å². The Morgan fingerprint density at radius 1 is 0.359 bits per heavy atom. The van der Waals surface area contributed by atoms with E-state index in [0.29, 0.717) is 0 Å². The molecule has 0 saturated heterocycles. The van der Waals surface area contributed by atoms with Crippen LogP contribution in [0.15, 0.2) is 182 Å². The smallest absolute Gasteiger partial charge is 0.0775 e. The fraction of sp³-hybridized carbons (Fsp3) is 0.186. The lowest BCUT2D eigenvalue weighted by molar-refractivity contribution is 0.973. The number of hydrogen-bond donors (Lipinski definition) is 0. The van der Waals surface area contributed by atoms with E-state index in [9.17, 15) is 0 Å². The van der Waals surface area contributed by atoms with Crippen LogP contribution in [0.1, 0.15) is 16.7 Å². The predicted octanol–water partition coefficient (Wildman–Crippen LogP) is 17.0. The molecule has 0 fully saturated rings. The van der Waals surface area contributed by atoms with Gasteiger partial charge in [-0.15, -0.1) is 0 Å². The maximum atomic E-state index is 2.66. The molecule has 2 nitrogen and oxygen atoms in total. The highest BCUT2D eigenvalue weighted by molar-refractivity contribution is 7.00. The van der Waals surface area contributed by atoms with Crippen LogP contribution in [0, 0.1) is 6.92 Å². The van der Waals surface area contributed by atoms with Crippen molar-refractivity contribution in [3.05, 3.63) is 199 Å². The lowest BCUT2D eigenvalue weighted by Crippen LogP contribution is -2.63. The molecule has 1 aliphatic rings. The molecule has 0 N–H and O–H groups in total. The zero-order valence-electron chi connectivity index (χ0n) is 39.2. The molecule has 10 rings (SSSR count). The van der Waals surface area contributed by atoms with Gasteiger partial charge in [-0.1, -0.05) is 179 Å². The highest BCUT2D eigenvalue weighted by Gasteiger charge is 2.60. The van der Waals surface area contributed by atoms with E-state index < -0.39 is 24.2 Å². The summed E-state index contributed by atoms with van der Waals surface area (Å²) in [6, 6.07) is 69.0. The minimum atomic E-state index is -2.10. The van der Waals surface area contributed by atoms with E-state index in [1.165, 1.54) is 76.9 Å². The third kappa shape index (κ3) is 6.62. The third-order valence-corrected chi connectivity index (χ3v) is 26.2. The van der Waals surface area contributed by atoms with E-state index in [-0.39, 0.29) is 4.66 Å². The van der Waals surface area contributed by atoms with Crippen molar-refractivity contribution in [3.8, 4) is 11.1 Å². The first kappa shape index (κ1) is 42.0. The van der Waals surface area contributed by atoms with Gasteiger partial charge in [-0.2, -0.15) is 0 Å². The minimum absolute atomic E-state index is 0.0860. The summed E-state index contributed by atoms with van der Waals surface area (Å²) in [6.07, 6.45) is 0. The van der Waals surface area contributed by atoms with Crippen LogP contribution >= 0.6 is 0 Å². The van der Waals surface area contributed by atoms with Gasteiger partial charge in [0.2, 0.25) is 0 Å². The lowest BCUT2D eigenvalue weighted by Gasteiger charge is -2.52. The molecule has 9 aromatic carbocycles. The van der Waals surface area contributed by atoms with Crippen molar-refractivity contribution in [3.63, 3.8) is 0 Å².